The molecule has 1 aliphatic rings. The molecule has 2 rings (SSSR count). The van der Waals surface area contributed by atoms with Gasteiger partial charge in [-0.05, 0) is 63.1 Å². The largest absolute Gasteiger partial charge is 0.493 e. The summed E-state index contributed by atoms with van der Waals surface area (Å²) >= 11 is 0. The SMILES string of the molecule is COCOc1cc(OCCCCN=[N+]=[N-])cc(/C=C/CC2OC(C)(C)OC2C(C)/C=C\[C@@H](C)[C@H](C)O)c1C(=O)O. The summed E-state index contributed by atoms with van der Waals surface area (Å²) in [4.78, 5) is 14.9. The molecule has 3 unspecified atom stereocenters. The maximum atomic E-state index is 12.2. The van der Waals surface area contributed by atoms with Crippen LogP contribution in [-0.4, -0.2) is 67.3 Å². The standard InChI is InChI=1S/C29H43N3O8/c1-19(21(3)33)12-13-20(2)27-24(39-29(4,5)40-27)11-9-10-22-16-23(37-15-8-7-14-31-32-30)17-25(38-18-36-6)26(22)28(34)35/h9-10,12-13,16-17,19-21,24,27,33H,7-8,11,14-15,18H2,1-6H3,(H,34,35)/b10-9+,13-12-/t19-,20?,21+,24?,27?/m1/s1. The molecule has 1 aromatic carbocycles. The van der Waals surface area contributed by atoms with Gasteiger partial charge in [0.05, 0.1) is 24.9 Å². The number of rotatable bonds is 17. The number of aliphatic hydroxyl groups is 1. The molecule has 0 saturated carbocycles. The molecule has 1 aromatic rings. The van der Waals surface area contributed by atoms with Crippen molar-refractivity contribution >= 4 is 12.0 Å². The number of aromatic carboxylic acids is 1. The smallest absolute Gasteiger partial charge is 0.340 e. The maximum absolute atomic E-state index is 12.2. The Balaban J connectivity index is 2.25. The molecule has 0 spiro atoms. The first-order valence-corrected chi connectivity index (χ1v) is 13.5. The van der Waals surface area contributed by atoms with Gasteiger partial charge in [-0.15, -0.1) is 0 Å². The lowest BCUT2D eigenvalue weighted by Gasteiger charge is -2.21. The van der Waals surface area contributed by atoms with E-state index in [2.05, 4.69) is 10.0 Å². The number of methoxy groups -OCH3 is 1. The molecule has 1 saturated heterocycles. The lowest BCUT2D eigenvalue weighted by Crippen LogP contribution is -2.28. The average Bonchev–Trinajstić information content (AvgIpc) is 3.21. The van der Waals surface area contributed by atoms with Crippen molar-refractivity contribution in [3.8, 4) is 11.5 Å². The van der Waals surface area contributed by atoms with Crippen molar-refractivity contribution in [2.75, 3.05) is 27.1 Å². The van der Waals surface area contributed by atoms with Crippen molar-refractivity contribution in [2.45, 2.75) is 78.0 Å². The van der Waals surface area contributed by atoms with Gasteiger partial charge in [-0.2, -0.15) is 0 Å². The van der Waals surface area contributed by atoms with E-state index in [-0.39, 0.29) is 42.1 Å². The molecule has 1 aliphatic heterocycles. The lowest BCUT2D eigenvalue weighted by molar-refractivity contribution is -0.148. The number of aliphatic hydroxyl groups excluding tert-OH is 1. The van der Waals surface area contributed by atoms with Gasteiger partial charge >= 0.3 is 5.97 Å². The number of carboxylic acids is 1. The molecular formula is C29H43N3O8. The molecule has 0 bridgehead atoms. The van der Waals surface area contributed by atoms with E-state index >= 15 is 0 Å². The minimum Gasteiger partial charge on any atom is -0.493 e. The highest BCUT2D eigenvalue weighted by Crippen LogP contribution is 2.35. The predicted octanol–water partition coefficient (Wildman–Crippen LogP) is 5.97. The topological polar surface area (TPSA) is 152 Å². The van der Waals surface area contributed by atoms with Gasteiger partial charge in [-0.1, -0.05) is 43.3 Å². The normalized spacial score (nSPS) is 20.8. The third-order valence-electron chi connectivity index (χ3n) is 6.52. The highest BCUT2D eigenvalue weighted by molar-refractivity contribution is 5.95. The van der Waals surface area contributed by atoms with Crippen molar-refractivity contribution in [3.63, 3.8) is 0 Å². The van der Waals surface area contributed by atoms with E-state index in [1.54, 1.807) is 19.1 Å². The first kappa shape index (κ1) is 33.1. The van der Waals surface area contributed by atoms with Crippen molar-refractivity contribution in [3.05, 3.63) is 51.9 Å². The molecule has 5 atom stereocenters. The molecule has 0 aliphatic carbocycles. The monoisotopic (exact) mass is 561 g/mol. The molecule has 0 aromatic heterocycles. The van der Waals surface area contributed by atoms with Crippen molar-refractivity contribution in [2.24, 2.45) is 17.0 Å². The van der Waals surface area contributed by atoms with Crippen LogP contribution >= 0.6 is 0 Å². The Bertz CT molecular complexity index is 1070. The van der Waals surface area contributed by atoms with Crippen LogP contribution in [0.1, 0.15) is 69.8 Å². The van der Waals surface area contributed by atoms with Crippen LogP contribution in [0.25, 0.3) is 16.5 Å². The molecule has 11 heteroatoms. The van der Waals surface area contributed by atoms with E-state index in [9.17, 15) is 15.0 Å². The van der Waals surface area contributed by atoms with E-state index in [1.807, 2.05) is 45.9 Å². The molecule has 1 fully saturated rings. The fourth-order valence-electron chi connectivity index (χ4n) is 4.25. The minimum absolute atomic E-state index is 0.00658. The van der Waals surface area contributed by atoms with Gasteiger partial charge in [0, 0.05) is 30.6 Å². The first-order chi connectivity index (χ1) is 19.0. The third kappa shape index (κ3) is 10.5. The van der Waals surface area contributed by atoms with Gasteiger partial charge in [-0.25, -0.2) is 4.79 Å². The second-order valence-corrected chi connectivity index (χ2v) is 10.4. The number of carbonyl (C=O) groups is 1. The van der Waals surface area contributed by atoms with E-state index in [1.165, 1.54) is 13.2 Å². The van der Waals surface area contributed by atoms with E-state index in [0.717, 1.165) is 0 Å². The van der Waals surface area contributed by atoms with E-state index in [0.29, 0.717) is 43.7 Å². The minimum atomic E-state index is -1.14. The molecule has 0 amide bonds. The van der Waals surface area contributed by atoms with Gasteiger partial charge in [0.1, 0.15) is 17.1 Å². The summed E-state index contributed by atoms with van der Waals surface area (Å²) in [5.74, 6) is -1.28. The zero-order valence-electron chi connectivity index (χ0n) is 24.3. The summed E-state index contributed by atoms with van der Waals surface area (Å²) in [5.41, 5.74) is 8.80. The first-order valence-electron chi connectivity index (χ1n) is 13.5. The Morgan fingerprint density at radius 2 is 1.95 bits per heavy atom. The van der Waals surface area contributed by atoms with Gasteiger partial charge in [-0.3, -0.25) is 0 Å². The molecule has 0 radical (unpaired) electrons. The fourth-order valence-corrected chi connectivity index (χ4v) is 4.25. The number of unbranched alkanes of at least 4 members (excludes halogenated alkanes) is 1. The van der Waals surface area contributed by atoms with Crippen LogP contribution in [0.15, 0.2) is 35.5 Å². The number of ether oxygens (including phenoxy) is 5. The second-order valence-electron chi connectivity index (χ2n) is 10.4. The lowest BCUT2D eigenvalue weighted by atomic mass is 9.94. The van der Waals surface area contributed by atoms with Crippen LogP contribution in [0.5, 0.6) is 11.5 Å². The van der Waals surface area contributed by atoms with Crippen molar-refractivity contribution < 1.29 is 38.7 Å². The van der Waals surface area contributed by atoms with Crippen LogP contribution in [0, 0.1) is 11.8 Å². The number of azide groups is 1. The Morgan fingerprint density at radius 3 is 2.60 bits per heavy atom. The zero-order chi connectivity index (χ0) is 29.7. The van der Waals surface area contributed by atoms with Crippen LogP contribution in [0.3, 0.4) is 0 Å². The van der Waals surface area contributed by atoms with Gasteiger partial charge in [0.15, 0.2) is 12.6 Å². The van der Waals surface area contributed by atoms with Gasteiger partial charge in [0.2, 0.25) is 0 Å². The number of hydrogen-bond donors (Lipinski definition) is 2. The van der Waals surface area contributed by atoms with E-state index < -0.39 is 17.9 Å². The van der Waals surface area contributed by atoms with Crippen LogP contribution < -0.4 is 9.47 Å². The molecular weight excluding hydrogens is 518 g/mol. The number of carboxylic acid groups (broad SMARTS) is 1. The highest BCUT2D eigenvalue weighted by atomic mass is 16.8. The Morgan fingerprint density at radius 1 is 1.20 bits per heavy atom. The number of benzene rings is 1. The van der Waals surface area contributed by atoms with Crippen molar-refractivity contribution in [1.29, 1.82) is 0 Å². The van der Waals surface area contributed by atoms with Crippen LogP contribution in [0.2, 0.25) is 0 Å². The van der Waals surface area contributed by atoms with Crippen LogP contribution in [-0.2, 0) is 14.2 Å². The number of nitrogens with zero attached hydrogens (tertiary/aromatic N) is 3. The highest BCUT2D eigenvalue weighted by Gasteiger charge is 2.42. The fraction of sp³-hybridized carbons (Fsp3) is 0.621. The molecule has 2 N–H and O–H groups in total. The summed E-state index contributed by atoms with van der Waals surface area (Å²) in [6.45, 7) is 10.1. The molecule has 1 heterocycles. The predicted molar refractivity (Wildman–Crippen MR) is 151 cm³/mol. The summed E-state index contributed by atoms with van der Waals surface area (Å²) in [6.07, 6.45) is 8.49. The summed E-state index contributed by atoms with van der Waals surface area (Å²) < 4.78 is 28.8. The summed E-state index contributed by atoms with van der Waals surface area (Å²) in [6, 6.07) is 3.19. The molecule has 11 nitrogen and oxygen atoms in total. The Kier molecular flexibility index (Phi) is 13.5. The zero-order valence-corrected chi connectivity index (χ0v) is 24.3. The van der Waals surface area contributed by atoms with Gasteiger partial charge in [0.25, 0.3) is 0 Å². The Hall–Kier alpha value is -3.08. The molecule has 40 heavy (non-hydrogen) atoms. The van der Waals surface area contributed by atoms with Crippen LogP contribution in [0.4, 0.5) is 0 Å². The molecule has 222 valence electrons. The Labute approximate surface area is 236 Å². The summed E-state index contributed by atoms with van der Waals surface area (Å²) in [5, 5.41) is 23.3. The van der Waals surface area contributed by atoms with E-state index in [4.69, 9.17) is 29.2 Å². The maximum Gasteiger partial charge on any atom is 0.340 e. The number of hydrogen-bond acceptors (Lipinski definition) is 8. The van der Waals surface area contributed by atoms with Gasteiger partial charge < -0.3 is 33.9 Å². The second kappa shape index (κ2) is 16.2. The van der Waals surface area contributed by atoms with Crippen molar-refractivity contribution in [1.82, 2.24) is 0 Å². The summed E-state index contributed by atoms with van der Waals surface area (Å²) in [7, 11) is 1.45. The quantitative estimate of drug-likeness (QED) is 0.0589. The third-order valence-corrected chi connectivity index (χ3v) is 6.52. The average molecular weight is 562 g/mol.